The number of carbonyl (C=O) groups is 2. The van der Waals surface area contributed by atoms with Gasteiger partial charge in [-0.25, -0.2) is 0 Å². The Labute approximate surface area is 199 Å². The topological polar surface area (TPSA) is 49.9 Å². The van der Waals surface area contributed by atoms with Crippen LogP contribution in [0.4, 0.5) is 0 Å². The van der Waals surface area contributed by atoms with E-state index in [0.29, 0.717) is 30.2 Å². The predicted molar refractivity (Wildman–Crippen MR) is 131 cm³/mol. The number of para-hydroxylation sites is 1. The number of hydrogen-bond donors (Lipinski definition) is 0. The van der Waals surface area contributed by atoms with Crippen LogP contribution in [0.1, 0.15) is 101 Å². The second-order valence-corrected chi connectivity index (χ2v) is 10.2. The van der Waals surface area contributed by atoms with Crippen molar-refractivity contribution in [1.29, 1.82) is 0 Å². The van der Waals surface area contributed by atoms with Gasteiger partial charge in [0.05, 0.1) is 11.6 Å². The van der Waals surface area contributed by atoms with Crippen LogP contribution in [0.25, 0.3) is 0 Å². The zero-order valence-electron chi connectivity index (χ0n) is 20.5. The number of benzene rings is 1. The smallest absolute Gasteiger partial charge is 0.257 e. The summed E-state index contributed by atoms with van der Waals surface area (Å²) in [6.45, 7) is 4.31. The second kappa shape index (κ2) is 11.9. The molecule has 1 aromatic carbocycles. The summed E-state index contributed by atoms with van der Waals surface area (Å²) in [4.78, 5) is 30.9. The molecule has 3 aliphatic rings. The van der Waals surface area contributed by atoms with Crippen LogP contribution in [-0.2, 0) is 4.79 Å². The number of nitrogens with zero attached hydrogens (tertiary/aromatic N) is 2. The average Bonchev–Trinajstić information content (AvgIpc) is 3.36. The Kier molecular flexibility index (Phi) is 8.69. The van der Waals surface area contributed by atoms with Gasteiger partial charge in [0.1, 0.15) is 11.9 Å². The van der Waals surface area contributed by atoms with Gasteiger partial charge in [-0.3, -0.25) is 9.59 Å². The molecule has 2 atom stereocenters. The van der Waals surface area contributed by atoms with Crippen LogP contribution < -0.4 is 4.74 Å². The van der Waals surface area contributed by atoms with Crippen molar-refractivity contribution < 1.29 is 14.3 Å². The minimum Gasteiger partial charge on any atom is -0.487 e. The van der Waals surface area contributed by atoms with E-state index < -0.39 is 0 Å². The molecule has 33 heavy (non-hydrogen) atoms. The molecule has 0 saturated heterocycles. The van der Waals surface area contributed by atoms with Crippen LogP contribution in [0, 0.1) is 5.92 Å². The molecule has 0 radical (unpaired) electrons. The Balaban J connectivity index is 1.56. The van der Waals surface area contributed by atoms with E-state index >= 15 is 0 Å². The lowest BCUT2D eigenvalue weighted by Crippen LogP contribution is -2.51. The van der Waals surface area contributed by atoms with Crippen molar-refractivity contribution in [3.8, 4) is 5.75 Å². The zero-order valence-corrected chi connectivity index (χ0v) is 20.5. The molecule has 0 aromatic heterocycles. The fraction of sp³-hybridized carbons (Fsp3) is 0.714. The minimum absolute atomic E-state index is 0.0426. The molecule has 1 aliphatic heterocycles. The molecule has 5 heteroatoms. The summed E-state index contributed by atoms with van der Waals surface area (Å²) in [5, 5.41) is 0. The summed E-state index contributed by atoms with van der Waals surface area (Å²) in [7, 11) is 0. The number of rotatable bonds is 4. The maximum absolute atomic E-state index is 13.5. The SMILES string of the molecule is CCN1CCCCCN(C(=O)CCC2CCCC2)[C@@H]2CCCC[C@@H]2Oc2ccccc2C1=O. The summed E-state index contributed by atoms with van der Waals surface area (Å²) in [5.74, 6) is 1.79. The molecule has 2 aliphatic carbocycles. The molecule has 4 rings (SSSR count). The molecule has 0 unspecified atom stereocenters. The molecule has 2 fully saturated rings. The van der Waals surface area contributed by atoms with Gasteiger partial charge in [0.2, 0.25) is 5.91 Å². The molecule has 5 nitrogen and oxygen atoms in total. The van der Waals surface area contributed by atoms with Crippen LogP contribution in [0.2, 0.25) is 0 Å². The van der Waals surface area contributed by atoms with Crippen LogP contribution in [-0.4, -0.2) is 53.4 Å². The van der Waals surface area contributed by atoms with Gasteiger partial charge in [-0.05, 0) is 69.9 Å². The van der Waals surface area contributed by atoms with Crippen molar-refractivity contribution in [3.05, 3.63) is 29.8 Å². The Hall–Kier alpha value is -2.04. The van der Waals surface area contributed by atoms with Crippen LogP contribution in [0.3, 0.4) is 0 Å². The average molecular weight is 455 g/mol. The van der Waals surface area contributed by atoms with Crippen molar-refractivity contribution in [2.75, 3.05) is 19.6 Å². The number of ether oxygens (including phenoxy) is 1. The highest BCUT2D eigenvalue weighted by Crippen LogP contribution is 2.32. The van der Waals surface area contributed by atoms with Gasteiger partial charge >= 0.3 is 0 Å². The number of hydrogen-bond acceptors (Lipinski definition) is 3. The molecule has 0 spiro atoms. The first-order valence-electron chi connectivity index (χ1n) is 13.5. The Morgan fingerprint density at radius 1 is 0.939 bits per heavy atom. The van der Waals surface area contributed by atoms with E-state index in [1.807, 2.05) is 36.1 Å². The first kappa shape index (κ1) is 24.1. The van der Waals surface area contributed by atoms with Crippen LogP contribution in [0.15, 0.2) is 24.3 Å². The quantitative estimate of drug-likeness (QED) is 0.576. The van der Waals surface area contributed by atoms with E-state index in [-0.39, 0.29) is 18.1 Å². The molecule has 1 aromatic rings. The van der Waals surface area contributed by atoms with E-state index in [1.54, 1.807) is 0 Å². The van der Waals surface area contributed by atoms with Crippen molar-refractivity contribution in [1.82, 2.24) is 9.80 Å². The van der Waals surface area contributed by atoms with Crippen LogP contribution >= 0.6 is 0 Å². The normalized spacial score (nSPS) is 25.3. The number of fused-ring (bicyclic) bond motifs is 2. The Bertz CT molecular complexity index is 789. The lowest BCUT2D eigenvalue weighted by molar-refractivity contribution is -0.137. The molecular weight excluding hydrogens is 412 g/mol. The summed E-state index contributed by atoms with van der Waals surface area (Å²) in [6, 6.07) is 7.80. The largest absolute Gasteiger partial charge is 0.487 e. The van der Waals surface area contributed by atoms with E-state index in [9.17, 15) is 9.59 Å². The Morgan fingerprint density at radius 3 is 2.48 bits per heavy atom. The maximum Gasteiger partial charge on any atom is 0.257 e. The minimum atomic E-state index is -0.0426. The van der Waals surface area contributed by atoms with Crippen molar-refractivity contribution in [2.45, 2.75) is 103 Å². The number of amides is 2. The third-order valence-electron chi connectivity index (χ3n) is 8.02. The van der Waals surface area contributed by atoms with E-state index in [4.69, 9.17) is 4.74 Å². The molecule has 0 N–H and O–H groups in total. The third kappa shape index (κ3) is 6.10. The highest BCUT2D eigenvalue weighted by molar-refractivity contribution is 5.97. The lowest BCUT2D eigenvalue weighted by atomic mass is 9.90. The standard InChI is InChI=1S/C28H42N2O3/c1-2-29-20-10-3-11-21-30(27(31)19-18-22-12-4-5-13-22)24-15-7-9-17-26(24)33-25-16-8-6-14-23(25)28(29)32/h6,8,14,16,22,24,26H,2-5,7,9-13,15,17-21H2,1H3/t24-,26+/m1/s1. The van der Waals surface area contributed by atoms with Crippen molar-refractivity contribution in [3.63, 3.8) is 0 Å². The highest BCUT2D eigenvalue weighted by atomic mass is 16.5. The number of carbonyl (C=O) groups excluding carboxylic acids is 2. The first-order chi connectivity index (χ1) is 16.2. The van der Waals surface area contributed by atoms with Crippen molar-refractivity contribution >= 4 is 11.8 Å². The summed E-state index contributed by atoms with van der Waals surface area (Å²) >= 11 is 0. The van der Waals surface area contributed by atoms with E-state index in [0.717, 1.165) is 70.4 Å². The summed E-state index contributed by atoms with van der Waals surface area (Å²) < 4.78 is 6.59. The fourth-order valence-corrected chi connectivity index (χ4v) is 6.06. The van der Waals surface area contributed by atoms with Gasteiger partial charge in [0.15, 0.2) is 0 Å². The van der Waals surface area contributed by atoms with Gasteiger partial charge < -0.3 is 14.5 Å². The lowest BCUT2D eigenvalue weighted by Gasteiger charge is -2.40. The predicted octanol–water partition coefficient (Wildman–Crippen LogP) is 5.82. The van der Waals surface area contributed by atoms with Crippen LogP contribution in [0.5, 0.6) is 5.75 Å². The molecular formula is C28H42N2O3. The van der Waals surface area contributed by atoms with Gasteiger partial charge in [-0.1, -0.05) is 44.2 Å². The van der Waals surface area contributed by atoms with Crippen molar-refractivity contribution in [2.24, 2.45) is 5.92 Å². The zero-order chi connectivity index (χ0) is 23.0. The molecule has 1 heterocycles. The molecule has 2 saturated carbocycles. The summed E-state index contributed by atoms with van der Waals surface area (Å²) in [5.41, 5.74) is 0.655. The first-order valence-corrected chi connectivity index (χ1v) is 13.5. The maximum atomic E-state index is 13.5. The van der Waals surface area contributed by atoms with E-state index in [2.05, 4.69) is 4.90 Å². The second-order valence-electron chi connectivity index (χ2n) is 10.2. The molecule has 2 amide bonds. The van der Waals surface area contributed by atoms with Gasteiger partial charge in [0.25, 0.3) is 5.91 Å². The fourth-order valence-electron chi connectivity index (χ4n) is 6.06. The molecule has 182 valence electrons. The third-order valence-corrected chi connectivity index (χ3v) is 8.02. The van der Waals surface area contributed by atoms with Gasteiger partial charge in [-0.15, -0.1) is 0 Å². The highest BCUT2D eigenvalue weighted by Gasteiger charge is 2.35. The van der Waals surface area contributed by atoms with Gasteiger partial charge in [-0.2, -0.15) is 0 Å². The van der Waals surface area contributed by atoms with Gasteiger partial charge in [0, 0.05) is 26.1 Å². The monoisotopic (exact) mass is 454 g/mol. The molecule has 0 bridgehead atoms. The van der Waals surface area contributed by atoms with E-state index in [1.165, 1.54) is 25.7 Å². The Morgan fingerprint density at radius 2 is 1.67 bits per heavy atom. The summed E-state index contributed by atoms with van der Waals surface area (Å²) in [6.07, 6.45) is 14.1.